The molecule has 3 aromatic carbocycles. The third-order valence-electron chi connectivity index (χ3n) is 9.80. The summed E-state index contributed by atoms with van der Waals surface area (Å²) in [4.78, 5) is 36.7. The summed E-state index contributed by atoms with van der Waals surface area (Å²) >= 11 is 1.69. The van der Waals surface area contributed by atoms with Crippen LogP contribution in [0.1, 0.15) is 66.7 Å². The molecule has 1 fully saturated rings. The van der Waals surface area contributed by atoms with Gasteiger partial charge in [0.25, 0.3) is 0 Å². The number of pyridine rings is 1. The number of ether oxygens (including phenoxy) is 3. The van der Waals surface area contributed by atoms with Crippen molar-refractivity contribution in [3.8, 4) is 22.8 Å². The maximum absolute atomic E-state index is 14.4. The van der Waals surface area contributed by atoms with E-state index in [1.165, 1.54) is 4.70 Å². The first-order chi connectivity index (χ1) is 24.7. The second kappa shape index (κ2) is 14.7. The van der Waals surface area contributed by atoms with Gasteiger partial charge in [-0.2, -0.15) is 0 Å². The quantitative estimate of drug-likeness (QED) is 0.0826. The van der Waals surface area contributed by atoms with Gasteiger partial charge in [-0.1, -0.05) is 42.8 Å². The zero-order chi connectivity index (χ0) is 35.5. The lowest BCUT2D eigenvalue weighted by Gasteiger charge is -2.27. The zero-order valence-electron chi connectivity index (χ0n) is 29.6. The van der Waals surface area contributed by atoms with Gasteiger partial charge in [-0.3, -0.25) is 9.59 Å². The average molecular weight is 702 g/mol. The van der Waals surface area contributed by atoms with Crippen LogP contribution in [-0.4, -0.2) is 46.6 Å². The molecule has 1 saturated carbocycles. The third-order valence-corrected chi connectivity index (χ3v) is 10.9. The molecule has 0 radical (unpaired) electrons. The van der Waals surface area contributed by atoms with Crippen molar-refractivity contribution in [2.75, 3.05) is 20.3 Å². The van der Waals surface area contributed by atoms with Crippen molar-refractivity contribution < 1.29 is 23.8 Å². The minimum absolute atomic E-state index is 0.0190. The van der Waals surface area contributed by atoms with Gasteiger partial charge < -0.3 is 18.8 Å². The number of ketones is 1. The van der Waals surface area contributed by atoms with Gasteiger partial charge >= 0.3 is 5.97 Å². The molecule has 9 heteroatoms. The number of esters is 1. The van der Waals surface area contributed by atoms with Gasteiger partial charge in [-0.25, -0.2) is 9.97 Å². The number of hydrogen-bond donors (Lipinski definition) is 0. The average Bonchev–Trinajstić information content (AvgIpc) is 3.65. The Bertz CT molecular complexity index is 2150. The number of rotatable bonds is 14. The van der Waals surface area contributed by atoms with E-state index in [0.717, 1.165) is 63.1 Å². The second-order valence-electron chi connectivity index (χ2n) is 13.8. The van der Waals surface area contributed by atoms with Gasteiger partial charge in [0, 0.05) is 65.3 Å². The number of fused-ring (bicyclic) bond motifs is 2. The molecule has 6 aromatic rings. The SMILES string of the molecule is CCOC(=O)C(C)(C)Cc1c(C(=O)C2CCC2)c2cc(OCCc3nc4ccccc4s3)ccc2n1Cc1ccc(-c2ccc(OC)nc2)cc1. The maximum Gasteiger partial charge on any atom is 0.311 e. The predicted octanol–water partition coefficient (Wildman–Crippen LogP) is 9.11. The van der Waals surface area contributed by atoms with Crippen LogP contribution < -0.4 is 9.47 Å². The van der Waals surface area contributed by atoms with Crippen LogP contribution in [0.3, 0.4) is 0 Å². The van der Waals surface area contributed by atoms with E-state index in [2.05, 4.69) is 45.9 Å². The number of carbonyl (C=O) groups is 2. The smallest absolute Gasteiger partial charge is 0.311 e. The molecule has 0 N–H and O–H groups in total. The Morgan fingerprint density at radius 1 is 0.980 bits per heavy atom. The van der Waals surface area contributed by atoms with Crippen molar-refractivity contribution >= 4 is 44.2 Å². The molecule has 0 amide bonds. The van der Waals surface area contributed by atoms with E-state index in [0.29, 0.717) is 49.8 Å². The van der Waals surface area contributed by atoms with E-state index >= 15 is 0 Å². The molecular formula is C42H43N3O5S. The van der Waals surface area contributed by atoms with Crippen molar-refractivity contribution in [1.29, 1.82) is 0 Å². The molecule has 51 heavy (non-hydrogen) atoms. The van der Waals surface area contributed by atoms with Crippen LogP contribution in [0.15, 0.2) is 85.1 Å². The minimum Gasteiger partial charge on any atom is -0.493 e. The summed E-state index contributed by atoms with van der Waals surface area (Å²) in [5.74, 6) is 1.13. The molecule has 0 unspecified atom stereocenters. The summed E-state index contributed by atoms with van der Waals surface area (Å²) in [6, 6.07) is 26.4. The van der Waals surface area contributed by atoms with E-state index < -0.39 is 5.41 Å². The number of nitrogens with zero attached hydrogens (tertiary/aromatic N) is 3. The number of thiazole rings is 1. The molecule has 0 saturated heterocycles. The van der Waals surface area contributed by atoms with Gasteiger partial charge in [-0.05, 0) is 81.1 Å². The summed E-state index contributed by atoms with van der Waals surface area (Å²) in [7, 11) is 1.61. The van der Waals surface area contributed by atoms with Crippen molar-refractivity contribution in [3.05, 3.63) is 107 Å². The molecule has 1 aliphatic rings. The van der Waals surface area contributed by atoms with Crippen LogP contribution in [0.4, 0.5) is 0 Å². The molecule has 0 aliphatic heterocycles. The lowest BCUT2D eigenvalue weighted by Crippen LogP contribution is -2.31. The Hall–Kier alpha value is -5.02. The molecule has 0 spiro atoms. The molecule has 3 aromatic heterocycles. The Kier molecular flexibility index (Phi) is 9.91. The summed E-state index contributed by atoms with van der Waals surface area (Å²) in [5, 5.41) is 1.89. The first kappa shape index (κ1) is 34.4. The highest BCUT2D eigenvalue weighted by atomic mass is 32.1. The molecule has 0 atom stereocenters. The van der Waals surface area contributed by atoms with Crippen LogP contribution in [0, 0.1) is 11.3 Å². The first-order valence-corrected chi connectivity index (χ1v) is 18.5. The van der Waals surface area contributed by atoms with Gasteiger partial charge in [0.2, 0.25) is 5.88 Å². The third kappa shape index (κ3) is 7.26. The van der Waals surface area contributed by atoms with Gasteiger partial charge in [0.15, 0.2) is 5.78 Å². The van der Waals surface area contributed by atoms with Gasteiger partial charge in [0.05, 0.1) is 41.0 Å². The molecular weight excluding hydrogens is 659 g/mol. The normalized spacial score (nSPS) is 13.3. The summed E-state index contributed by atoms with van der Waals surface area (Å²) in [6.45, 7) is 6.92. The highest BCUT2D eigenvalue weighted by Crippen LogP contribution is 2.39. The van der Waals surface area contributed by atoms with Crippen molar-refractivity contribution in [2.45, 2.75) is 59.4 Å². The lowest BCUT2D eigenvalue weighted by atomic mass is 9.78. The lowest BCUT2D eigenvalue weighted by molar-refractivity contribution is -0.153. The Morgan fingerprint density at radius 2 is 1.76 bits per heavy atom. The first-order valence-electron chi connectivity index (χ1n) is 17.7. The van der Waals surface area contributed by atoms with E-state index in [1.807, 2.05) is 63.2 Å². The van der Waals surface area contributed by atoms with E-state index in [1.54, 1.807) is 24.6 Å². The fourth-order valence-corrected chi connectivity index (χ4v) is 7.70. The number of methoxy groups -OCH3 is 1. The summed E-state index contributed by atoms with van der Waals surface area (Å²) in [5.41, 5.74) is 5.77. The van der Waals surface area contributed by atoms with Crippen LogP contribution in [0.25, 0.3) is 32.2 Å². The van der Waals surface area contributed by atoms with Crippen molar-refractivity contribution in [1.82, 2.24) is 14.5 Å². The Balaban J connectivity index is 1.25. The number of para-hydroxylation sites is 1. The molecule has 262 valence electrons. The fraction of sp³-hybridized carbons (Fsp3) is 0.333. The van der Waals surface area contributed by atoms with Gasteiger partial charge in [0.1, 0.15) is 5.75 Å². The van der Waals surface area contributed by atoms with E-state index in [-0.39, 0.29) is 17.7 Å². The van der Waals surface area contributed by atoms with Crippen molar-refractivity contribution in [3.63, 3.8) is 0 Å². The van der Waals surface area contributed by atoms with Crippen LogP contribution in [0.5, 0.6) is 11.6 Å². The Morgan fingerprint density at radius 3 is 2.45 bits per heavy atom. The molecule has 1 aliphatic carbocycles. The number of benzene rings is 3. The second-order valence-corrected chi connectivity index (χ2v) is 14.9. The van der Waals surface area contributed by atoms with Crippen LogP contribution in [0.2, 0.25) is 0 Å². The topological polar surface area (TPSA) is 92.5 Å². The fourth-order valence-electron chi connectivity index (χ4n) is 6.75. The monoisotopic (exact) mass is 701 g/mol. The highest BCUT2D eigenvalue weighted by Gasteiger charge is 2.37. The number of Topliss-reactive ketones (excluding diaryl/α,β-unsaturated/α-hetero) is 1. The number of aromatic nitrogens is 3. The standard InChI is InChI=1S/C42H43N3O5S/c1-5-49-41(47)42(2,3)24-35-39(40(46)29-9-8-10-29)32-23-31(50-22-21-38-44-33-11-6-7-12-36(33)51-38)18-19-34(32)45(35)26-27-13-15-28(16-14-27)30-17-20-37(48-4)43-25-30/h6-7,11-20,23,25,29H,5,8-10,21-22,24,26H2,1-4H3. The minimum atomic E-state index is -0.849. The maximum atomic E-state index is 14.4. The van der Waals surface area contributed by atoms with Crippen LogP contribution in [-0.2, 0) is 28.9 Å². The summed E-state index contributed by atoms with van der Waals surface area (Å²) < 4.78 is 20.4. The summed E-state index contributed by atoms with van der Waals surface area (Å²) in [6.07, 6.45) is 5.67. The van der Waals surface area contributed by atoms with Crippen LogP contribution >= 0.6 is 11.3 Å². The molecule has 3 heterocycles. The Labute approximate surface area is 302 Å². The molecule has 8 nitrogen and oxygen atoms in total. The number of hydrogen-bond acceptors (Lipinski definition) is 8. The van der Waals surface area contributed by atoms with E-state index in [4.69, 9.17) is 19.2 Å². The largest absolute Gasteiger partial charge is 0.493 e. The van der Waals surface area contributed by atoms with Crippen molar-refractivity contribution in [2.24, 2.45) is 11.3 Å². The van der Waals surface area contributed by atoms with E-state index in [9.17, 15) is 9.59 Å². The molecule has 0 bridgehead atoms. The highest BCUT2D eigenvalue weighted by molar-refractivity contribution is 7.18. The predicted molar refractivity (Wildman–Crippen MR) is 202 cm³/mol. The number of carbonyl (C=O) groups excluding carboxylic acids is 2. The zero-order valence-corrected chi connectivity index (χ0v) is 30.4. The van der Waals surface area contributed by atoms with Gasteiger partial charge in [-0.15, -0.1) is 11.3 Å². The molecule has 7 rings (SSSR count).